The fourth-order valence-corrected chi connectivity index (χ4v) is 1.78. The van der Waals surface area contributed by atoms with Crippen LogP contribution in [-0.2, 0) is 0 Å². The van der Waals surface area contributed by atoms with Crippen molar-refractivity contribution in [1.82, 2.24) is 15.6 Å². The molecule has 0 rings (SSSR count). The van der Waals surface area contributed by atoms with Crippen molar-refractivity contribution in [2.75, 3.05) is 13.1 Å². The third-order valence-corrected chi connectivity index (χ3v) is 2.61. The molecule has 0 spiro atoms. The van der Waals surface area contributed by atoms with E-state index in [9.17, 15) is 0 Å². The summed E-state index contributed by atoms with van der Waals surface area (Å²) in [4.78, 5) is 3.49. The Labute approximate surface area is 72.2 Å². The lowest BCUT2D eigenvalue weighted by Crippen LogP contribution is -2.53. The summed E-state index contributed by atoms with van der Waals surface area (Å²) in [5, 5.41) is 6.66. The first-order chi connectivity index (χ1) is 5.35. The van der Waals surface area contributed by atoms with Gasteiger partial charge in [-0.1, -0.05) is 26.8 Å². The van der Waals surface area contributed by atoms with Crippen molar-refractivity contribution >= 4 is 9.68 Å². The first-order valence-electron chi connectivity index (χ1n) is 4.55. The zero-order chi connectivity index (χ0) is 8.53. The molecule has 0 unspecified atom stereocenters. The van der Waals surface area contributed by atoms with Gasteiger partial charge in [0, 0.05) is 0 Å². The van der Waals surface area contributed by atoms with Crippen LogP contribution in [0.15, 0.2) is 0 Å². The molecule has 0 heterocycles. The molecular weight excluding hydrogens is 154 g/mol. The van der Waals surface area contributed by atoms with E-state index in [0.717, 1.165) is 13.1 Å². The van der Waals surface area contributed by atoms with Crippen LogP contribution in [0.4, 0.5) is 0 Å². The summed E-state index contributed by atoms with van der Waals surface area (Å²) < 4.78 is 0. The fourth-order valence-electron chi connectivity index (χ4n) is 0.913. The normalized spacial score (nSPS) is 12.0. The minimum Gasteiger partial charge on any atom is -0.316 e. The lowest BCUT2D eigenvalue weighted by atomic mass is 10.6. The second-order valence-corrected chi connectivity index (χ2v) is 4.41. The number of hydrogen-bond acceptors (Lipinski definition) is 3. The molecule has 0 aromatic heterocycles. The predicted octanol–water partition coefficient (Wildman–Crippen LogP) is -0.399. The van der Waals surface area contributed by atoms with Gasteiger partial charge in [-0.25, -0.2) is 0 Å². The average molecular weight is 175 g/mol. The molecule has 0 atom stereocenters. The second kappa shape index (κ2) is 8.20. The van der Waals surface area contributed by atoms with E-state index < -0.39 is 0 Å². The van der Waals surface area contributed by atoms with Crippen LogP contribution in [0.5, 0.6) is 0 Å². The molecule has 0 bridgehead atoms. The number of hydrogen-bond donors (Lipinski definition) is 3. The van der Waals surface area contributed by atoms with Gasteiger partial charge in [-0.2, -0.15) is 0 Å². The van der Waals surface area contributed by atoms with Gasteiger partial charge in [-0.05, 0) is 13.1 Å². The third kappa shape index (κ3) is 6.49. The highest BCUT2D eigenvalue weighted by atomic mass is 28.2. The first kappa shape index (κ1) is 11.1. The van der Waals surface area contributed by atoms with Gasteiger partial charge in [-0.3, -0.25) is 10.6 Å². The number of rotatable bonds is 7. The molecule has 3 N–H and O–H groups in total. The van der Waals surface area contributed by atoms with E-state index in [4.69, 9.17) is 0 Å². The Hall–Kier alpha value is 0.0969. The summed E-state index contributed by atoms with van der Waals surface area (Å²) in [7, 11) is -0.0414. The van der Waals surface area contributed by atoms with Gasteiger partial charge in [0.15, 0.2) is 0 Å². The molecule has 0 radical (unpaired) electrons. The Morgan fingerprint density at radius 1 is 1.09 bits per heavy atom. The van der Waals surface area contributed by atoms with Crippen molar-refractivity contribution in [3.05, 3.63) is 0 Å². The van der Waals surface area contributed by atoms with Gasteiger partial charge in [-0.15, -0.1) is 0 Å². The Bertz CT molecular complexity index is 74.1. The lowest BCUT2D eigenvalue weighted by Gasteiger charge is -2.19. The lowest BCUT2D eigenvalue weighted by molar-refractivity contribution is 0.426. The zero-order valence-electron chi connectivity index (χ0n) is 7.91. The molecule has 0 fully saturated rings. The van der Waals surface area contributed by atoms with Crippen LogP contribution in [0.2, 0.25) is 6.04 Å². The summed E-state index contributed by atoms with van der Waals surface area (Å²) in [5.74, 6) is 0. The van der Waals surface area contributed by atoms with E-state index in [0.29, 0.717) is 6.29 Å². The van der Waals surface area contributed by atoms with Crippen molar-refractivity contribution in [2.24, 2.45) is 0 Å². The Balaban J connectivity index is 3.34. The molecule has 68 valence electrons. The van der Waals surface area contributed by atoms with Gasteiger partial charge >= 0.3 is 0 Å². The minimum atomic E-state index is -0.0414. The molecule has 4 heteroatoms. The van der Waals surface area contributed by atoms with E-state index in [-0.39, 0.29) is 9.68 Å². The molecule has 0 saturated carbocycles. The van der Waals surface area contributed by atoms with E-state index >= 15 is 0 Å². The minimum absolute atomic E-state index is 0.0414. The van der Waals surface area contributed by atoms with Crippen molar-refractivity contribution in [3.8, 4) is 0 Å². The maximum absolute atomic E-state index is 3.49. The van der Waals surface area contributed by atoms with Crippen LogP contribution >= 0.6 is 0 Å². The van der Waals surface area contributed by atoms with Gasteiger partial charge in [0.05, 0.1) is 9.68 Å². The van der Waals surface area contributed by atoms with E-state index in [1.165, 1.54) is 6.04 Å². The largest absolute Gasteiger partial charge is 0.316 e. The molecule has 0 amide bonds. The smallest absolute Gasteiger partial charge is 0.105 e. The van der Waals surface area contributed by atoms with Gasteiger partial charge in [0.25, 0.3) is 0 Å². The average Bonchev–Trinajstić information content (AvgIpc) is 2.01. The van der Waals surface area contributed by atoms with Crippen molar-refractivity contribution in [2.45, 2.75) is 33.1 Å². The highest BCUT2D eigenvalue weighted by Gasteiger charge is 2.00. The van der Waals surface area contributed by atoms with Gasteiger partial charge < -0.3 is 4.98 Å². The summed E-state index contributed by atoms with van der Waals surface area (Å²) in [6.45, 7) is 8.51. The monoisotopic (exact) mass is 175 g/mol. The maximum Gasteiger partial charge on any atom is 0.105 e. The predicted molar refractivity (Wildman–Crippen MR) is 53.3 cm³/mol. The van der Waals surface area contributed by atoms with Gasteiger partial charge in [0.2, 0.25) is 0 Å². The molecular formula is C7H21N3Si. The highest BCUT2D eigenvalue weighted by Crippen LogP contribution is 1.73. The molecule has 11 heavy (non-hydrogen) atoms. The maximum atomic E-state index is 3.49. The van der Waals surface area contributed by atoms with E-state index in [1.54, 1.807) is 0 Å². The summed E-state index contributed by atoms with van der Waals surface area (Å²) in [5.41, 5.74) is 0. The van der Waals surface area contributed by atoms with Gasteiger partial charge in [0.1, 0.15) is 6.29 Å². The Morgan fingerprint density at radius 3 is 2.00 bits per heavy atom. The van der Waals surface area contributed by atoms with Crippen molar-refractivity contribution < 1.29 is 0 Å². The van der Waals surface area contributed by atoms with Crippen LogP contribution in [0.1, 0.15) is 20.8 Å². The Morgan fingerprint density at radius 2 is 1.64 bits per heavy atom. The third-order valence-electron chi connectivity index (χ3n) is 1.41. The van der Waals surface area contributed by atoms with Crippen LogP contribution in [-0.4, -0.2) is 29.1 Å². The van der Waals surface area contributed by atoms with Crippen LogP contribution < -0.4 is 15.6 Å². The summed E-state index contributed by atoms with van der Waals surface area (Å²) in [6.07, 6.45) is 0.344. The molecule has 0 aliphatic rings. The number of nitrogens with one attached hydrogen (secondary N) is 3. The summed E-state index contributed by atoms with van der Waals surface area (Å²) in [6, 6.07) is 1.31. The van der Waals surface area contributed by atoms with Crippen LogP contribution in [0, 0.1) is 0 Å². The second-order valence-electron chi connectivity index (χ2n) is 2.50. The molecule has 0 saturated heterocycles. The zero-order valence-corrected chi connectivity index (χ0v) is 9.32. The highest BCUT2D eigenvalue weighted by molar-refractivity contribution is 6.31. The Kier molecular flexibility index (Phi) is 8.27. The molecule has 0 aromatic rings. The SMILES string of the molecule is CCNC(NCC)N[SiH2]CC. The van der Waals surface area contributed by atoms with E-state index in [2.05, 4.69) is 36.4 Å². The first-order valence-corrected chi connectivity index (χ1v) is 6.26. The quantitative estimate of drug-likeness (QED) is 0.364. The topological polar surface area (TPSA) is 36.1 Å². The van der Waals surface area contributed by atoms with Crippen molar-refractivity contribution in [1.29, 1.82) is 0 Å². The van der Waals surface area contributed by atoms with Crippen LogP contribution in [0.3, 0.4) is 0 Å². The van der Waals surface area contributed by atoms with E-state index in [1.807, 2.05) is 0 Å². The fraction of sp³-hybridized carbons (Fsp3) is 1.00. The van der Waals surface area contributed by atoms with Crippen LogP contribution in [0.25, 0.3) is 0 Å². The molecule has 0 aliphatic carbocycles. The molecule has 0 aromatic carbocycles. The standard InChI is InChI=1S/C7H21N3Si/c1-4-8-7(9-5-2)10-11-6-3/h7-10H,4-6,11H2,1-3H3. The van der Waals surface area contributed by atoms with Crippen molar-refractivity contribution in [3.63, 3.8) is 0 Å². The molecule has 3 nitrogen and oxygen atoms in total. The molecule has 0 aliphatic heterocycles. The summed E-state index contributed by atoms with van der Waals surface area (Å²) >= 11 is 0.